The maximum atomic E-state index is 9.38. The molecule has 1 N–H and O–H groups in total. The lowest BCUT2D eigenvalue weighted by molar-refractivity contribution is 0.359. The normalized spacial score (nSPS) is 23.2. The standard InChI is InChI=1S/C9H11NOS/c1-6-4-9(11)7(2)3-8(6)10-5-12/h3,6,11H,4H2,1-2H3. The van der Waals surface area contributed by atoms with E-state index in [4.69, 9.17) is 0 Å². The van der Waals surface area contributed by atoms with Crippen molar-refractivity contribution in [3.8, 4) is 0 Å². The van der Waals surface area contributed by atoms with Crippen LogP contribution >= 0.6 is 12.2 Å². The van der Waals surface area contributed by atoms with Crippen LogP contribution in [0.25, 0.3) is 0 Å². The number of rotatable bonds is 1. The quantitative estimate of drug-likeness (QED) is 0.498. The van der Waals surface area contributed by atoms with Crippen molar-refractivity contribution >= 4 is 17.4 Å². The Morgan fingerprint density at radius 2 is 2.42 bits per heavy atom. The van der Waals surface area contributed by atoms with Crippen molar-refractivity contribution in [3.63, 3.8) is 0 Å². The van der Waals surface area contributed by atoms with Crippen LogP contribution in [-0.4, -0.2) is 10.3 Å². The summed E-state index contributed by atoms with van der Waals surface area (Å²) in [6.45, 7) is 3.87. The van der Waals surface area contributed by atoms with Crippen LogP contribution in [0.5, 0.6) is 0 Å². The number of aliphatic imine (C=N–C) groups is 1. The van der Waals surface area contributed by atoms with Crippen LogP contribution in [0.3, 0.4) is 0 Å². The molecule has 1 aliphatic carbocycles. The molecule has 0 saturated carbocycles. The molecule has 0 heterocycles. The van der Waals surface area contributed by atoms with Gasteiger partial charge in [-0.1, -0.05) is 6.92 Å². The van der Waals surface area contributed by atoms with E-state index in [0.29, 0.717) is 12.2 Å². The largest absolute Gasteiger partial charge is 0.512 e. The van der Waals surface area contributed by atoms with Crippen LogP contribution in [0.2, 0.25) is 0 Å². The van der Waals surface area contributed by atoms with Gasteiger partial charge in [0.15, 0.2) is 0 Å². The van der Waals surface area contributed by atoms with Gasteiger partial charge in [0.2, 0.25) is 0 Å². The number of hydrogen-bond acceptors (Lipinski definition) is 3. The van der Waals surface area contributed by atoms with E-state index in [1.54, 1.807) is 0 Å². The van der Waals surface area contributed by atoms with Crippen molar-refractivity contribution in [2.75, 3.05) is 0 Å². The highest BCUT2D eigenvalue weighted by atomic mass is 32.1. The number of aliphatic hydroxyl groups excluding tert-OH is 1. The molecule has 1 rings (SSSR count). The van der Waals surface area contributed by atoms with Crippen molar-refractivity contribution in [3.05, 3.63) is 23.1 Å². The Morgan fingerprint density at radius 1 is 1.75 bits per heavy atom. The van der Waals surface area contributed by atoms with Gasteiger partial charge >= 0.3 is 0 Å². The molecular weight excluding hydrogens is 170 g/mol. The van der Waals surface area contributed by atoms with Crippen molar-refractivity contribution in [2.45, 2.75) is 20.3 Å². The first kappa shape index (κ1) is 9.17. The summed E-state index contributed by atoms with van der Waals surface area (Å²) < 4.78 is 0. The molecular formula is C9H11NOS. The van der Waals surface area contributed by atoms with E-state index < -0.39 is 0 Å². The molecule has 0 aromatic heterocycles. The number of hydrogen-bond donors (Lipinski definition) is 1. The summed E-state index contributed by atoms with van der Waals surface area (Å²) in [6, 6.07) is 0. The zero-order chi connectivity index (χ0) is 9.14. The predicted octanol–water partition coefficient (Wildman–Crippen LogP) is 2.84. The van der Waals surface area contributed by atoms with Gasteiger partial charge in [-0.25, -0.2) is 0 Å². The minimum atomic E-state index is 0.240. The Balaban J connectivity index is 3.00. The molecule has 1 unspecified atom stereocenters. The van der Waals surface area contributed by atoms with Gasteiger partial charge in [0.05, 0.1) is 16.6 Å². The predicted molar refractivity (Wildman–Crippen MR) is 52.2 cm³/mol. The maximum Gasteiger partial charge on any atom is 0.0958 e. The zero-order valence-electron chi connectivity index (χ0n) is 7.16. The van der Waals surface area contributed by atoms with Gasteiger partial charge < -0.3 is 5.11 Å². The molecule has 1 aliphatic rings. The van der Waals surface area contributed by atoms with Crippen molar-refractivity contribution in [1.29, 1.82) is 0 Å². The van der Waals surface area contributed by atoms with Gasteiger partial charge in [-0.05, 0) is 30.8 Å². The van der Waals surface area contributed by atoms with E-state index in [-0.39, 0.29) is 5.92 Å². The highest BCUT2D eigenvalue weighted by molar-refractivity contribution is 7.78. The first-order valence-electron chi connectivity index (χ1n) is 3.83. The molecule has 0 amide bonds. The Morgan fingerprint density at radius 3 is 3.00 bits per heavy atom. The van der Waals surface area contributed by atoms with Crippen LogP contribution < -0.4 is 0 Å². The number of isothiocyanates is 1. The van der Waals surface area contributed by atoms with Gasteiger partial charge in [0.1, 0.15) is 0 Å². The van der Waals surface area contributed by atoms with Crippen LogP contribution in [0, 0.1) is 5.92 Å². The Hall–Kier alpha value is -0.920. The number of nitrogens with zero attached hydrogens (tertiary/aromatic N) is 1. The first-order chi connectivity index (χ1) is 5.65. The molecule has 0 aromatic rings. The fraction of sp³-hybridized carbons (Fsp3) is 0.444. The highest BCUT2D eigenvalue weighted by Crippen LogP contribution is 2.27. The number of aliphatic hydroxyl groups is 1. The summed E-state index contributed by atoms with van der Waals surface area (Å²) in [5, 5.41) is 11.7. The summed E-state index contributed by atoms with van der Waals surface area (Å²) in [6.07, 6.45) is 2.50. The van der Waals surface area contributed by atoms with Gasteiger partial charge in [-0.3, -0.25) is 0 Å². The van der Waals surface area contributed by atoms with E-state index in [9.17, 15) is 5.11 Å². The SMILES string of the molecule is CC1=C(O)CC(C)C(N=C=S)=C1. The fourth-order valence-electron chi connectivity index (χ4n) is 1.20. The van der Waals surface area contributed by atoms with Crippen LogP contribution in [-0.2, 0) is 0 Å². The molecule has 0 aliphatic heterocycles. The fourth-order valence-corrected chi connectivity index (χ4v) is 1.30. The topological polar surface area (TPSA) is 32.6 Å². The summed E-state index contributed by atoms with van der Waals surface area (Å²) in [7, 11) is 0. The van der Waals surface area contributed by atoms with Crippen molar-refractivity contribution in [1.82, 2.24) is 0 Å². The van der Waals surface area contributed by atoms with E-state index >= 15 is 0 Å². The van der Waals surface area contributed by atoms with Gasteiger partial charge in [-0.2, -0.15) is 4.99 Å². The lowest BCUT2D eigenvalue weighted by Crippen LogP contribution is -2.06. The minimum Gasteiger partial charge on any atom is -0.512 e. The van der Waals surface area contributed by atoms with Crippen LogP contribution in [0.4, 0.5) is 0 Å². The minimum absolute atomic E-state index is 0.240. The van der Waals surface area contributed by atoms with E-state index in [0.717, 1.165) is 11.3 Å². The summed E-state index contributed by atoms with van der Waals surface area (Å²) in [4.78, 5) is 3.93. The van der Waals surface area contributed by atoms with Crippen molar-refractivity contribution < 1.29 is 5.11 Å². The lowest BCUT2D eigenvalue weighted by Gasteiger charge is -2.17. The average molecular weight is 181 g/mol. The third kappa shape index (κ3) is 1.81. The zero-order valence-corrected chi connectivity index (χ0v) is 7.98. The second kappa shape index (κ2) is 3.65. The molecule has 3 heteroatoms. The molecule has 0 bridgehead atoms. The maximum absolute atomic E-state index is 9.38. The van der Waals surface area contributed by atoms with Gasteiger partial charge in [-0.15, -0.1) is 0 Å². The van der Waals surface area contributed by atoms with E-state index in [1.165, 1.54) is 0 Å². The first-order valence-corrected chi connectivity index (χ1v) is 4.24. The molecule has 0 spiro atoms. The van der Waals surface area contributed by atoms with E-state index in [1.807, 2.05) is 19.9 Å². The Kier molecular flexibility index (Phi) is 2.79. The average Bonchev–Trinajstić information content (AvgIpc) is 2.01. The lowest BCUT2D eigenvalue weighted by atomic mass is 9.94. The Bertz CT molecular complexity index is 298. The number of thiocarbonyl (C=S) groups is 1. The molecule has 0 saturated heterocycles. The van der Waals surface area contributed by atoms with Crippen molar-refractivity contribution in [2.24, 2.45) is 10.9 Å². The van der Waals surface area contributed by atoms with E-state index in [2.05, 4.69) is 22.4 Å². The van der Waals surface area contributed by atoms with Gasteiger partial charge in [0, 0.05) is 12.3 Å². The second-order valence-corrected chi connectivity index (χ2v) is 3.19. The second-order valence-electron chi connectivity index (χ2n) is 3.01. The smallest absolute Gasteiger partial charge is 0.0958 e. The molecule has 64 valence electrons. The van der Waals surface area contributed by atoms with Crippen LogP contribution in [0.15, 0.2) is 28.1 Å². The highest BCUT2D eigenvalue weighted by Gasteiger charge is 2.16. The monoisotopic (exact) mass is 181 g/mol. The molecule has 1 atom stereocenters. The Labute approximate surface area is 77.3 Å². The van der Waals surface area contributed by atoms with Crippen LogP contribution in [0.1, 0.15) is 20.3 Å². The molecule has 0 fully saturated rings. The molecule has 2 nitrogen and oxygen atoms in total. The molecule has 12 heavy (non-hydrogen) atoms. The third-order valence-electron chi connectivity index (χ3n) is 2.00. The molecule has 0 aromatic carbocycles. The van der Waals surface area contributed by atoms with Gasteiger partial charge in [0.25, 0.3) is 0 Å². The summed E-state index contributed by atoms with van der Waals surface area (Å²) in [5.74, 6) is 0.690. The summed E-state index contributed by atoms with van der Waals surface area (Å²) >= 11 is 4.52. The number of allylic oxidation sites excluding steroid dienone is 4. The third-order valence-corrected chi connectivity index (χ3v) is 2.09. The molecule has 0 radical (unpaired) electrons. The summed E-state index contributed by atoms with van der Waals surface area (Å²) in [5.41, 5.74) is 1.78.